The lowest BCUT2D eigenvalue weighted by Crippen LogP contribution is -2.28. The number of nitrogens with one attached hydrogen (secondary N) is 1. The summed E-state index contributed by atoms with van der Waals surface area (Å²) >= 11 is 3.26. The zero-order valence-corrected chi connectivity index (χ0v) is 12.4. The molecule has 0 aliphatic heterocycles. The van der Waals surface area contributed by atoms with Crippen molar-refractivity contribution in [3.8, 4) is 0 Å². The zero-order chi connectivity index (χ0) is 15.4. The van der Waals surface area contributed by atoms with Gasteiger partial charge in [-0.25, -0.2) is 9.48 Å². The van der Waals surface area contributed by atoms with E-state index in [-0.39, 0.29) is 18.1 Å². The second-order valence-corrected chi connectivity index (χ2v) is 5.08. The molecule has 0 fully saturated rings. The van der Waals surface area contributed by atoms with Gasteiger partial charge < -0.3 is 16.2 Å². The average Bonchev–Trinajstić information content (AvgIpc) is 2.87. The minimum absolute atomic E-state index is 0.140. The van der Waals surface area contributed by atoms with Crippen molar-refractivity contribution in [3.05, 3.63) is 40.1 Å². The minimum Gasteiger partial charge on any atom is -0.476 e. The molecule has 8 nitrogen and oxygen atoms in total. The molecular weight excluding hydrogens is 342 g/mol. The summed E-state index contributed by atoms with van der Waals surface area (Å²) in [5.41, 5.74) is 6.37. The van der Waals surface area contributed by atoms with E-state index in [1.54, 1.807) is 18.2 Å². The van der Waals surface area contributed by atoms with Gasteiger partial charge in [-0.3, -0.25) is 4.79 Å². The van der Waals surface area contributed by atoms with Gasteiger partial charge in [0.05, 0.1) is 18.3 Å². The molecule has 0 aliphatic rings. The second kappa shape index (κ2) is 6.35. The molecule has 1 amide bonds. The first-order valence-electron chi connectivity index (χ1n) is 5.94. The number of carbonyl (C=O) groups is 2. The summed E-state index contributed by atoms with van der Waals surface area (Å²) in [6, 6.07) is 4.99. The predicted octanol–water partition coefficient (Wildman–Crippen LogP) is 0.751. The van der Waals surface area contributed by atoms with Crippen molar-refractivity contribution in [3.63, 3.8) is 0 Å². The molecule has 0 radical (unpaired) electrons. The van der Waals surface area contributed by atoms with Crippen LogP contribution in [-0.2, 0) is 6.54 Å². The third kappa shape index (κ3) is 3.78. The molecule has 2 aromatic rings. The second-order valence-electron chi connectivity index (χ2n) is 4.16. The number of carboxylic acid groups (broad SMARTS) is 1. The van der Waals surface area contributed by atoms with Crippen LogP contribution in [0.3, 0.4) is 0 Å². The van der Waals surface area contributed by atoms with Gasteiger partial charge >= 0.3 is 5.97 Å². The van der Waals surface area contributed by atoms with E-state index in [9.17, 15) is 9.59 Å². The average molecular weight is 354 g/mol. The number of nitrogens with zero attached hydrogens (tertiary/aromatic N) is 3. The molecule has 0 spiro atoms. The van der Waals surface area contributed by atoms with Crippen molar-refractivity contribution in [2.45, 2.75) is 6.54 Å². The Balaban J connectivity index is 1.90. The number of benzene rings is 1. The van der Waals surface area contributed by atoms with Crippen LogP contribution in [-0.4, -0.2) is 38.5 Å². The molecule has 9 heteroatoms. The maximum atomic E-state index is 11.9. The number of nitrogen functional groups attached to an aromatic ring is 1. The lowest BCUT2D eigenvalue weighted by Gasteiger charge is -2.07. The number of halogens is 1. The maximum Gasteiger partial charge on any atom is 0.358 e. The summed E-state index contributed by atoms with van der Waals surface area (Å²) < 4.78 is 2.13. The van der Waals surface area contributed by atoms with Gasteiger partial charge in [0.1, 0.15) is 0 Å². The number of amides is 1. The van der Waals surface area contributed by atoms with Crippen molar-refractivity contribution in [2.24, 2.45) is 0 Å². The SMILES string of the molecule is Nc1cc(Br)ccc1C(=O)NCCn1cc(C(=O)O)nn1. The summed E-state index contributed by atoms with van der Waals surface area (Å²) in [5.74, 6) is -1.45. The first-order chi connectivity index (χ1) is 9.97. The Kier molecular flexibility index (Phi) is 4.53. The fourth-order valence-electron chi connectivity index (χ4n) is 1.63. The zero-order valence-electron chi connectivity index (χ0n) is 10.8. The molecule has 0 aliphatic carbocycles. The number of rotatable bonds is 5. The van der Waals surface area contributed by atoms with Crippen molar-refractivity contribution in [1.29, 1.82) is 0 Å². The van der Waals surface area contributed by atoms with E-state index in [4.69, 9.17) is 10.8 Å². The Bertz CT molecular complexity index is 685. The topological polar surface area (TPSA) is 123 Å². The lowest BCUT2D eigenvalue weighted by atomic mass is 10.1. The molecule has 110 valence electrons. The normalized spacial score (nSPS) is 10.3. The van der Waals surface area contributed by atoms with Crippen LogP contribution in [0.5, 0.6) is 0 Å². The first-order valence-corrected chi connectivity index (χ1v) is 6.73. The van der Waals surface area contributed by atoms with Crippen molar-refractivity contribution < 1.29 is 14.7 Å². The number of anilines is 1. The summed E-state index contributed by atoms with van der Waals surface area (Å²) in [6.45, 7) is 0.583. The maximum absolute atomic E-state index is 11.9. The van der Waals surface area contributed by atoms with Crippen LogP contribution in [0.25, 0.3) is 0 Å². The third-order valence-corrected chi connectivity index (χ3v) is 3.14. The van der Waals surface area contributed by atoms with E-state index in [1.807, 2.05) is 0 Å². The molecule has 0 atom stereocenters. The van der Waals surface area contributed by atoms with Crippen LogP contribution in [0.4, 0.5) is 5.69 Å². The summed E-state index contributed by atoms with van der Waals surface area (Å²) in [7, 11) is 0. The quantitative estimate of drug-likeness (QED) is 0.681. The summed E-state index contributed by atoms with van der Waals surface area (Å²) in [4.78, 5) is 22.6. The third-order valence-electron chi connectivity index (χ3n) is 2.64. The highest BCUT2D eigenvalue weighted by Gasteiger charge is 2.10. The Labute approximate surface area is 128 Å². The van der Waals surface area contributed by atoms with E-state index < -0.39 is 5.97 Å². The number of carbonyl (C=O) groups excluding carboxylic acids is 1. The molecule has 0 unspecified atom stereocenters. The number of carboxylic acids is 1. The molecule has 0 bridgehead atoms. The Morgan fingerprint density at radius 1 is 1.43 bits per heavy atom. The molecule has 0 saturated heterocycles. The molecule has 4 N–H and O–H groups in total. The van der Waals surface area contributed by atoms with Crippen LogP contribution >= 0.6 is 15.9 Å². The molecule has 21 heavy (non-hydrogen) atoms. The van der Waals surface area contributed by atoms with Crippen LogP contribution < -0.4 is 11.1 Å². The molecule has 2 rings (SSSR count). The summed E-state index contributed by atoms with van der Waals surface area (Å²) in [5, 5.41) is 18.5. The van der Waals surface area contributed by atoms with Gasteiger partial charge in [0, 0.05) is 16.7 Å². The lowest BCUT2D eigenvalue weighted by molar-refractivity contribution is 0.0690. The Morgan fingerprint density at radius 2 is 2.19 bits per heavy atom. The van der Waals surface area contributed by atoms with Crippen molar-refractivity contribution >= 4 is 33.5 Å². The van der Waals surface area contributed by atoms with Crippen LogP contribution in [0.2, 0.25) is 0 Å². The number of hydrogen-bond donors (Lipinski definition) is 3. The first kappa shape index (κ1) is 15.0. The predicted molar refractivity (Wildman–Crippen MR) is 77.9 cm³/mol. The highest BCUT2D eigenvalue weighted by molar-refractivity contribution is 9.10. The van der Waals surface area contributed by atoms with Crippen molar-refractivity contribution in [1.82, 2.24) is 20.3 Å². The smallest absolute Gasteiger partial charge is 0.358 e. The van der Waals surface area contributed by atoms with E-state index in [0.717, 1.165) is 4.47 Å². The number of hydrogen-bond acceptors (Lipinski definition) is 5. The molecule has 1 aromatic heterocycles. The standard InChI is InChI=1S/C12H12BrN5O3/c13-7-1-2-8(9(14)5-7)11(19)15-3-4-18-6-10(12(20)21)16-17-18/h1-2,5-6H,3-4,14H2,(H,15,19)(H,20,21). The van der Waals surface area contributed by atoms with Gasteiger partial charge in [-0.05, 0) is 18.2 Å². The van der Waals surface area contributed by atoms with Crippen LogP contribution in [0.15, 0.2) is 28.9 Å². The van der Waals surface area contributed by atoms with E-state index >= 15 is 0 Å². The molecule has 1 aromatic carbocycles. The number of aromatic nitrogens is 3. The van der Waals surface area contributed by atoms with Gasteiger partial charge in [-0.15, -0.1) is 5.10 Å². The highest BCUT2D eigenvalue weighted by Crippen LogP contribution is 2.18. The van der Waals surface area contributed by atoms with Crippen LogP contribution in [0, 0.1) is 0 Å². The molecular formula is C12H12BrN5O3. The fourth-order valence-corrected chi connectivity index (χ4v) is 2.00. The van der Waals surface area contributed by atoms with Gasteiger partial charge in [0.2, 0.25) is 0 Å². The fraction of sp³-hybridized carbons (Fsp3) is 0.167. The van der Waals surface area contributed by atoms with E-state index in [1.165, 1.54) is 10.9 Å². The monoisotopic (exact) mass is 353 g/mol. The Hall–Kier alpha value is -2.42. The van der Waals surface area contributed by atoms with E-state index in [0.29, 0.717) is 17.8 Å². The number of aromatic carboxylic acids is 1. The van der Waals surface area contributed by atoms with Gasteiger partial charge in [0.15, 0.2) is 5.69 Å². The summed E-state index contributed by atoms with van der Waals surface area (Å²) in [6.07, 6.45) is 1.29. The van der Waals surface area contributed by atoms with Crippen LogP contribution in [0.1, 0.15) is 20.8 Å². The van der Waals surface area contributed by atoms with Crippen molar-refractivity contribution in [2.75, 3.05) is 12.3 Å². The number of nitrogens with two attached hydrogens (primary N) is 1. The van der Waals surface area contributed by atoms with Gasteiger partial charge in [-0.1, -0.05) is 21.1 Å². The minimum atomic E-state index is -1.15. The van der Waals surface area contributed by atoms with E-state index in [2.05, 4.69) is 31.6 Å². The van der Waals surface area contributed by atoms with Gasteiger partial charge in [-0.2, -0.15) is 0 Å². The molecule has 1 heterocycles. The largest absolute Gasteiger partial charge is 0.476 e. The Morgan fingerprint density at radius 3 is 2.81 bits per heavy atom. The van der Waals surface area contributed by atoms with Gasteiger partial charge in [0.25, 0.3) is 5.91 Å². The highest BCUT2D eigenvalue weighted by atomic mass is 79.9. The molecule has 0 saturated carbocycles.